The van der Waals surface area contributed by atoms with Crippen molar-refractivity contribution in [2.24, 2.45) is 0 Å². The molecular weight excluding hydrogens is 233 g/mol. The molecule has 0 radical (unpaired) electrons. The monoisotopic (exact) mass is 241 g/mol. The van der Waals surface area contributed by atoms with Gasteiger partial charge in [0.25, 0.3) is 5.89 Å². The van der Waals surface area contributed by atoms with Crippen molar-refractivity contribution in [1.29, 1.82) is 0 Å². The molecule has 0 amide bonds. The van der Waals surface area contributed by atoms with E-state index in [0.29, 0.717) is 17.9 Å². The maximum atomic E-state index is 12.8. The van der Waals surface area contributed by atoms with Gasteiger partial charge in [-0.1, -0.05) is 16.8 Å². The highest BCUT2D eigenvalue weighted by Crippen LogP contribution is 2.26. The maximum Gasteiger partial charge on any atom is 0.259 e. The molecule has 1 N–H and O–H groups in total. The van der Waals surface area contributed by atoms with Gasteiger partial charge in [0.05, 0.1) is 17.1 Å². The standard InChI is InChI=1S/C10H9ClFN3O/c1-13-5-9-14-10(16-15-9)7-3-2-6(12)4-8(7)11/h2-4,13H,5H2,1H3. The van der Waals surface area contributed by atoms with E-state index < -0.39 is 5.82 Å². The lowest BCUT2D eigenvalue weighted by molar-refractivity contribution is 0.420. The number of nitrogens with one attached hydrogen (secondary N) is 1. The summed E-state index contributed by atoms with van der Waals surface area (Å²) in [6, 6.07) is 4.01. The first-order valence-corrected chi connectivity index (χ1v) is 5.01. The van der Waals surface area contributed by atoms with Gasteiger partial charge in [0, 0.05) is 0 Å². The number of rotatable bonds is 3. The van der Waals surface area contributed by atoms with Crippen molar-refractivity contribution in [3.05, 3.63) is 34.9 Å². The van der Waals surface area contributed by atoms with Crippen molar-refractivity contribution >= 4 is 11.6 Å². The van der Waals surface area contributed by atoms with Crippen molar-refractivity contribution in [3.63, 3.8) is 0 Å². The van der Waals surface area contributed by atoms with Crippen LogP contribution < -0.4 is 5.32 Å². The number of hydrogen-bond acceptors (Lipinski definition) is 4. The third-order valence-electron chi connectivity index (χ3n) is 1.96. The summed E-state index contributed by atoms with van der Waals surface area (Å²) in [4.78, 5) is 4.11. The van der Waals surface area contributed by atoms with Gasteiger partial charge in [0.2, 0.25) is 0 Å². The van der Waals surface area contributed by atoms with E-state index in [4.69, 9.17) is 16.1 Å². The Kier molecular flexibility index (Phi) is 3.17. The fourth-order valence-corrected chi connectivity index (χ4v) is 1.50. The van der Waals surface area contributed by atoms with Crippen molar-refractivity contribution in [2.45, 2.75) is 6.54 Å². The van der Waals surface area contributed by atoms with Gasteiger partial charge in [0.15, 0.2) is 5.82 Å². The Balaban J connectivity index is 2.35. The Labute approximate surface area is 96.4 Å². The van der Waals surface area contributed by atoms with Gasteiger partial charge in [-0.05, 0) is 25.2 Å². The summed E-state index contributed by atoms with van der Waals surface area (Å²) in [5.41, 5.74) is 0.526. The second-order valence-corrected chi connectivity index (χ2v) is 3.58. The molecule has 0 unspecified atom stereocenters. The largest absolute Gasteiger partial charge is 0.334 e. The van der Waals surface area contributed by atoms with Crippen LogP contribution >= 0.6 is 11.6 Å². The number of nitrogens with zero attached hydrogens (tertiary/aromatic N) is 2. The normalized spacial score (nSPS) is 10.7. The van der Waals surface area contributed by atoms with Gasteiger partial charge in [-0.15, -0.1) is 0 Å². The van der Waals surface area contributed by atoms with E-state index in [0.717, 1.165) is 0 Å². The van der Waals surface area contributed by atoms with Crippen LogP contribution in [0.15, 0.2) is 22.7 Å². The highest BCUT2D eigenvalue weighted by molar-refractivity contribution is 6.33. The lowest BCUT2D eigenvalue weighted by atomic mass is 10.2. The van der Waals surface area contributed by atoms with Gasteiger partial charge in [0.1, 0.15) is 5.82 Å². The first-order chi connectivity index (χ1) is 7.70. The predicted molar refractivity (Wildman–Crippen MR) is 57.5 cm³/mol. The van der Waals surface area contributed by atoms with Crippen LogP contribution in [0.2, 0.25) is 5.02 Å². The highest BCUT2D eigenvalue weighted by atomic mass is 35.5. The molecule has 6 heteroatoms. The van der Waals surface area contributed by atoms with Crippen molar-refractivity contribution in [3.8, 4) is 11.5 Å². The molecule has 0 atom stereocenters. The maximum absolute atomic E-state index is 12.8. The van der Waals surface area contributed by atoms with Crippen LogP contribution in [-0.2, 0) is 6.54 Å². The molecule has 2 rings (SSSR count). The lowest BCUT2D eigenvalue weighted by Crippen LogP contribution is -2.06. The fraction of sp³-hybridized carbons (Fsp3) is 0.200. The van der Waals surface area contributed by atoms with Gasteiger partial charge in [-0.25, -0.2) is 4.39 Å². The molecule has 2 aromatic rings. The van der Waals surface area contributed by atoms with E-state index in [2.05, 4.69) is 15.5 Å². The average Bonchev–Trinajstić information content (AvgIpc) is 2.67. The zero-order valence-corrected chi connectivity index (χ0v) is 9.25. The number of hydrogen-bond donors (Lipinski definition) is 1. The molecule has 0 fully saturated rings. The summed E-state index contributed by atoms with van der Waals surface area (Å²) in [5.74, 6) is 0.414. The predicted octanol–water partition coefficient (Wildman–Crippen LogP) is 2.25. The number of benzene rings is 1. The summed E-state index contributed by atoms with van der Waals surface area (Å²) in [7, 11) is 1.78. The summed E-state index contributed by atoms with van der Waals surface area (Å²) in [5, 5.41) is 6.89. The Morgan fingerprint density at radius 1 is 1.50 bits per heavy atom. The minimum atomic E-state index is -0.399. The topological polar surface area (TPSA) is 51.0 Å². The Bertz CT molecular complexity index is 501. The summed E-state index contributed by atoms with van der Waals surface area (Å²) in [6.07, 6.45) is 0. The highest BCUT2D eigenvalue weighted by Gasteiger charge is 2.12. The molecule has 1 heterocycles. The third kappa shape index (κ3) is 2.20. The van der Waals surface area contributed by atoms with Gasteiger partial charge in [-0.3, -0.25) is 0 Å². The summed E-state index contributed by atoms with van der Waals surface area (Å²) < 4.78 is 17.8. The van der Waals surface area contributed by atoms with Crippen LogP contribution in [0.1, 0.15) is 5.82 Å². The zero-order chi connectivity index (χ0) is 11.5. The second kappa shape index (κ2) is 4.59. The van der Waals surface area contributed by atoms with Crippen LogP contribution in [0.25, 0.3) is 11.5 Å². The molecule has 0 saturated carbocycles. The van der Waals surface area contributed by atoms with Crippen molar-refractivity contribution in [2.75, 3.05) is 7.05 Å². The minimum absolute atomic E-state index is 0.250. The summed E-state index contributed by atoms with van der Waals surface area (Å²) >= 11 is 5.87. The van der Waals surface area contributed by atoms with E-state index in [9.17, 15) is 4.39 Å². The molecule has 0 saturated heterocycles. The Morgan fingerprint density at radius 3 is 3.00 bits per heavy atom. The smallest absolute Gasteiger partial charge is 0.259 e. The van der Waals surface area contributed by atoms with E-state index in [1.165, 1.54) is 18.2 Å². The van der Waals surface area contributed by atoms with Gasteiger partial charge >= 0.3 is 0 Å². The van der Waals surface area contributed by atoms with Gasteiger partial charge < -0.3 is 9.84 Å². The molecule has 1 aromatic carbocycles. The van der Waals surface area contributed by atoms with Gasteiger partial charge in [-0.2, -0.15) is 4.98 Å². The minimum Gasteiger partial charge on any atom is -0.334 e. The van der Waals surface area contributed by atoms with Crippen LogP contribution in [0.3, 0.4) is 0 Å². The van der Waals surface area contributed by atoms with E-state index in [-0.39, 0.29) is 10.9 Å². The number of aromatic nitrogens is 2. The lowest BCUT2D eigenvalue weighted by Gasteiger charge is -1.97. The first-order valence-electron chi connectivity index (χ1n) is 4.63. The molecule has 0 bridgehead atoms. The Hall–Kier alpha value is -1.46. The van der Waals surface area contributed by atoms with Crippen molar-refractivity contribution < 1.29 is 8.91 Å². The average molecular weight is 242 g/mol. The SMILES string of the molecule is CNCc1noc(-c2ccc(F)cc2Cl)n1. The van der Waals surface area contributed by atoms with Crippen LogP contribution in [0.4, 0.5) is 4.39 Å². The van der Waals surface area contributed by atoms with E-state index in [1.54, 1.807) is 7.05 Å². The van der Waals surface area contributed by atoms with E-state index >= 15 is 0 Å². The molecule has 0 aliphatic rings. The first kappa shape index (κ1) is 11.0. The Morgan fingerprint density at radius 2 is 2.31 bits per heavy atom. The molecule has 0 spiro atoms. The third-order valence-corrected chi connectivity index (χ3v) is 2.28. The van der Waals surface area contributed by atoms with Crippen molar-refractivity contribution in [1.82, 2.24) is 15.5 Å². The molecule has 1 aromatic heterocycles. The van der Waals surface area contributed by atoms with Crippen LogP contribution in [0.5, 0.6) is 0 Å². The molecule has 16 heavy (non-hydrogen) atoms. The van der Waals surface area contributed by atoms with E-state index in [1.807, 2.05) is 0 Å². The molecule has 0 aliphatic heterocycles. The zero-order valence-electron chi connectivity index (χ0n) is 8.50. The molecular formula is C10H9ClFN3O. The summed E-state index contributed by atoms with van der Waals surface area (Å²) in [6.45, 7) is 0.502. The molecule has 4 nitrogen and oxygen atoms in total. The van der Waals surface area contributed by atoms with Crippen LogP contribution in [0, 0.1) is 5.82 Å². The molecule has 0 aliphatic carbocycles. The molecule has 84 valence electrons. The van der Waals surface area contributed by atoms with Crippen LogP contribution in [-0.4, -0.2) is 17.2 Å². The quantitative estimate of drug-likeness (QED) is 0.896. The second-order valence-electron chi connectivity index (χ2n) is 3.17. The fourth-order valence-electron chi connectivity index (χ4n) is 1.26. The number of halogens is 2.